The number of rotatable bonds is 12. The van der Waals surface area contributed by atoms with E-state index >= 15 is 0 Å². The van der Waals surface area contributed by atoms with Gasteiger partial charge >= 0.3 is 0 Å². The van der Waals surface area contributed by atoms with Gasteiger partial charge in [0, 0.05) is 23.2 Å². The number of amides is 2. The maximum Gasteiger partial charge on any atom is 0.253 e. The van der Waals surface area contributed by atoms with E-state index in [1.165, 1.54) is 35.3 Å². The molecule has 1 N–H and O–H groups in total. The van der Waals surface area contributed by atoms with Gasteiger partial charge in [-0.05, 0) is 78.4 Å². The number of para-hydroxylation sites is 1. The molecule has 0 saturated heterocycles. The Kier molecular flexibility index (Phi) is 10.4. The van der Waals surface area contributed by atoms with E-state index in [1.807, 2.05) is 36.4 Å². The standard InChI is InChI=1S/C36H32F2N6O5S/c1-47-27-16-10-22(11-17-27)29-19-30(28-8-5-9-31(48-2)34(28)49-3)44(42-29)33(45)21-50-36-41-40-32(43(36)26-14-12-24(37)13-15-26)20-39-35(46)23-6-4-7-25(38)18-23/h4-18,30H,19-21H2,1-3H3,(H,39,46). The van der Waals surface area contributed by atoms with E-state index < -0.39 is 23.6 Å². The molecule has 0 saturated carbocycles. The van der Waals surface area contributed by atoms with Crippen LogP contribution in [0.4, 0.5) is 8.78 Å². The first-order valence-corrected chi connectivity index (χ1v) is 16.4. The van der Waals surface area contributed by atoms with E-state index in [0.717, 1.165) is 29.0 Å². The van der Waals surface area contributed by atoms with Gasteiger partial charge in [-0.3, -0.25) is 14.2 Å². The minimum absolute atomic E-state index is 0.0758. The lowest BCUT2D eigenvalue weighted by atomic mass is 9.97. The van der Waals surface area contributed by atoms with Crippen molar-refractivity contribution < 1.29 is 32.6 Å². The van der Waals surface area contributed by atoms with E-state index in [4.69, 9.17) is 19.3 Å². The molecule has 5 aromatic rings. The number of aromatic nitrogens is 3. The van der Waals surface area contributed by atoms with Crippen molar-refractivity contribution >= 4 is 29.3 Å². The second-order valence-electron chi connectivity index (χ2n) is 11.0. The number of hydrogen-bond acceptors (Lipinski definition) is 9. The molecule has 0 aliphatic carbocycles. The third-order valence-electron chi connectivity index (χ3n) is 7.99. The van der Waals surface area contributed by atoms with Gasteiger partial charge in [0.05, 0.1) is 45.4 Å². The largest absolute Gasteiger partial charge is 0.497 e. The molecule has 1 atom stereocenters. The molecule has 0 bridgehead atoms. The van der Waals surface area contributed by atoms with Crippen LogP contribution >= 0.6 is 11.8 Å². The summed E-state index contributed by atoms with van der Waals surface area (Å²) in [6.45, 7) is -0.0758. The summed E-state index contributed by atoms with van der Waals surface area (Å²) < 4.78 is 45.8. The van der Waals surface area contributed by atoms with E-state index in [-0.39, 0.29) is 23.8 Å². The smallest absolute Gasteiger partial charge is 0.253 e. The van der Waals surface area contributed by atoms with Crippen LogP contribution in [0.15, 0.2) is 101 Å². The van der Waals surface area contributed by atoms with Crippen molar-refractivity contribution in [3.8, 4) is 22.9 Å². The van der Waals surface area contributed by atoms with Gasteiger partial charge in [-0.1, -0.05) is 30.0 Å². The molecule has 256 valence electrons. The van der Waals surface area contributed by atoms with Gasteiger partial charge in [-0.2, -0.15) is 5.10 Å². The van der Waals surface area contributed by atoms with Gasteiger partial charge in [0.1, 0.15) is 17.4 Å². The lowest BCUT2D eigenvalue weighted by molar-refractivity contribution is -0.130. The molecule has 2 heterocycles. The molecule has 14 heteroatoms. The Morgan fingerprint density at radius 1 is 0.880 bits per heavy atom. The highest BCUT2D eigenvalue weighted by Crippen LogP contribution is 2.42. The Balaban J connectivity index is 1.28. The molecule has 1 aliphatic heterocycles. The number of nitrogens with one attached hydrogen (secondary N) is 1. The molecule has 0 fully saturated rings. The van der Waals surface area contributed by atoms with Crippen LogP contribution in [0.3, 0.4) is 0 Å². The summed E-state index contributed by atoms with van der Waals surface area (Å²) in [6.07, 6.45) is 0.410. The Morgan fingerprint density at radius 2 is 1.64 bits per heavy atom. The second-order valence-corrected chi connectivity index (χ2v) is 12.0. The van der Waals surface area contributed by atoms with Crippen LogP contribution in [0.2, 0.25) is 0 Å². The van der Waals surface area contributed by atoms with Crippen LogP contribution in [0.5, 0.6) is 17.2 Å². The van der Waals surface area contributed by atoms with Gasteiger partial charge in [0.15, 0.2) is 22.5 Å². The summed E-state index contributed by atoms with van der Waals surface area (Å²) in [5, 5.41) is 17.8. The number of thioether (sulfide) groups is 1. The number of halogens is 2. The number of carbonyl (C=O) groups is 2. The predicted molar refractivity (Wildman–Crippen MR) is 183 cm³/mol. The molecule has 11 nitrogen and oxygen atoms in total. The monoisotopic (exact) mass is 698 g/mol. The number of methoxy groups -OCH3 is 3. The molecule has 1 aromatic heterocycles. The number of hydrogen-bond donors (Lipinski definition) is 1. The van der Waals surface area contributed by atoms with Crippen molar-refractivity contribution in [2.45, 2.75) is 24.2 Å². The summed E-state index contributed by atoms with van der Waals surface area (Å²) in [6, 6.07) is 23.4. The zero-order chi connectivity index (χ0) is 35.2. The normalized spacial score (nSPS) is 13.9. The fourth-order valence-electron chi connectivity index (χ4n) is 5.56. The first kappa shape index (κ1) is 34.1. The van der Waals surface area contributed by atoms with Crippen molar-refractivity contribution in [1.82, 2.24) is 25.1 Å². The summed E-state index contributed by atoms with van der Waals surface area (Å²) in [4.78, 5) is 26.8. The molecule has 1 aliphatic rings. The molecule has 1 unspecified atom stereocenters. The highest BCUT2D eigenvalue weighted by Gasteiger charge is 2.36. The van der Waals surface area contributed by atoms with E-state index in [9.17, 15) is 18.4 Å². The Bertz CT molecular complexity index is 2040. The highest BCUT2D eigenvalue weighted by atomic mass is 32.2. The Hall–Kier alpha value is -5.76. The summed E-state index contributed by atoms with van der Waals surface area (Å²) in [5.74, 6) is 0.136. The predicted octanol–water partition coefficient (Wildman–Crippen LogP) is 5.97. The number of ether oxygens (including phenoxy) is 3. The lowest BCUT2D eigenvalue weighted by Gasteiger charge is -2.24. The summed E-state index contributed by atoms with van der Waals surface area (Å²) >= 11 is 1.11. The van der Waals surface area contributed by atoms with Crippen molar-refractivity contribution in [2.24, 2.45) is 5.10 Å². The molecule has 2 amide bonds. The van der Waals surface area contributed by atoms with Crippen molar-refractivity contribution in [3.63, 3.8) is 0 Å². The van der Waals surface area contributed by atoms with Crippen molar-refractivity contribution in [2.75, 3.05) is 27.1 Å². The molecule has 6 rings (SSSR count). The van der Waals surface area contributed by atoms with E-state index in [0.29, 0.717) is 46.0 Å². The third kappa shape index (κ3) is 7.29. The van der Waals surface area contributed by atoms with Gasteiger partial charge in [0.2, 0.25) is 0 Å². The number of benzene rings is 4. The van der Waals surface area contributed by atoms with E-state index in [1.54, 1.807) is 44.1 Å². The topological polar surface area (TPSA) is 120 Å². The van der Waals surface area contributed by atoms with Crippen molar-refractivity contribution in [3.05, 3.63) is 125 Å². The van der Waals surface area contributed by atoms with Gasteiger partial charge in [0.25, 0.3) is 11.8 Å². The molecular formula is C36H32F2N6O5S. The van der Waals surface area contributed by atoms with Crippen molar-refractivity contribution in [1.29, 1.82) is 0 Å². The van der Waals surface area contributed by atoms with Crippen LogP contribution in [0, 0.1) is 11.6 Å². The van der Waals surface area contributed by atoms with E-state index in [2.05, 4.69) is 15.5 Å². The van der Waals surface area contributed by atoms with Gasteiger partial charge < -0.3 is 19.5 Å². The zero-order valence-electron chi connectivity index (χ0n) is 27.3. The number of carbonyl (C=O) groups excluding carboxylic acids is 2. The fourth-order valence-corrected chi connectivity index (χ4v) is 6.38. The maximum atomic E-state index is 14.0. The van der Waals surface area contributed by atoms with Crippen LogP contribution in [0.25, 0.3) is 5.69 Å². The van der Waals surface area contributed by atoms with Gasteiger partial charge in [-0.25, -0.2) is 13.8 Å². The second kappa shape index (κ2) is 15.2. The molecule has 50 heavy (non-hydrogen) atoms. The first-order chi connectivity index (χ1) is 24.3. The molecule has 0 radical (unpaired) electrons. The molecule has 4 aromatic carbocycles. The SMILES string of the molecule is COc1ccc(C2=NN(C(=O)CSc3nnc(CNC(=O)c4cccc(F)c4)n3-c3ccc(F)cc3)C(c3cccc(OC)c3OC)C2)cc1. The average Bonchev–Trinajstić information content (AvgIpc) is 3.78. The molecular weight excluding hydrogens is 666 g/mol. The molecule has 0 spiro atoms. The van der Waals surface area contributed by atoms with Crippen LogP contribution in [0.1, 0.15) is 39.8 Å². The average molecular weight is 699 g/mol. The van der Waals surface area contributed by atoms with Gasteiger partial charge in [-0.15, -0.1) is 10.2 Å². The van der Waals surface area contributed by atoms with Crippen LogP contribution in [-0.4, -0.2) is 64.4 Å². The number of nitrogens with zero attached hydrogens (tertiary/aromatic N) is 5. The Morgan fingerprint density at radius 3 is 2.34 bits per heavy atom. The van der Waals surface area contributed by atoms with Crippen LogP contribution < -0.4 is 19.5 Å². The summed E-state index contributed by atoms with van der Waals surface area (Å²) in [7, 11) is 4.69. The highest BCUT2D eigenvalue weighted by molar-refractivity contribution is 7.99. The fraction of sp³-hybridized carbons (Fsp3) is 0.194. The Labute approximate surface area is 290 Å². The minimum atomic E-state index is -0.541. The summed E-state index contributed by atoms with van der Waals surface area (Å²) in [5.41, 5.74) is 2.92. The lowest BCUT2D eigenvalue weighted by Crippen LogP contribution is -2.29. The first-order valence-electron chi connectivity index (χ1n) is 15.4. The number of hydrazone groups is 1. The quantitative estimate of drug-likeness (QED) is 0.158. The zero-order valence-corrected chi connectivity index (χ0v) is 28.1. The maximum absolute atomic E-state index is 14.0. The van der Waals surface area contributed by atoms with Crippen LogP contribution in [-0.2, 0) is 11.3 Å². The minimum Gasteiger partial charge on any atom is -0.497 e. The third-order valence-corrected chi connectivity index (χ3v) is 8.90.